The smallest absolute Gasteiger partial charge is 0.154 e. The van der Waals surface area contributed by atoms with E-state index >= 15 is 0 Å². The van der Waals surface area contributed by atoms with Crippen LogP contribution in [0, 0.1) is 24.0 Å². The number of halogens is 2. The minimum absolute atomic E-state index is 0.158. The fourth-order valence-electron chi connectivity index (χ4n) is 4.00. The number of nitrogens with two attached hydrogens (primary N) is 1. The summed E-state index contributed by atoms with van der Waals surface area (Å²) in [5, 5.41) is 0.398. The molecule has 3 heterocycles. The van der Waals surface area contributed by atoms with Crippen LogP contribution in [0.15, 0.2) is 41.5 Å². The molecule has 2 aromatic rings. The number of rotatable bonds is 2. The molecule has 0 unspecified atom stereocenters. The molecular formula is C20H21F2N3OS. The van der Waals surface area contributed by atoms with Crippen LogP contribution in [0.5, 0.6) is 0 Å². The van der Waals surface area contributed by atoms with E-state index in [2.05, 4.69) is 16.9 Å². The summed E-state index contributed by atoms with van der Waals surface area (Å²) in [5.74, 6) is -0.557. The van der Waals surface area contributed by atoms with Gasteiger partial charge in [-0.15, -0.1) is 0 Å². The predicted molar refractivity (Wildman–Crippen MR) is 103 cm³/mol. The maximum Gasteiger partial charge on any atom is 0.154 e. The van der Waals surface area contributed by atoms with Crippen molar-refractivity contribution in [1.82, 2.24) is 4.98 Å². The summed E-state index contributed by atoms with van der Waals surface area (Å²) in [6, 6.07) is 7.58. The number of thioether (sulfide) groups is 1. The van der Waals surface area contributed by atoms with Crippen molar-refractivity contribution in [2.45, 2.75) is 31.9 Å². The lowest BCUT2D eigenvalue weighted by Gasteiger charge is -2.53. The molecule has 27 heavy (non-hydrogen) atoms. The molecule has 1 saturated heterocycles. The number of aliphatic imine (C=N–C) groups is 1. The third-order valence-corrected chi connectivity index (χ3v) is 6.82. The van der Waals surface area contributed by atoms with Gasteiger partial charge in [-0.05, 0) is 31.0 Å². The average Bonchev–Trinajstić information content (AvgIpc) is 2.62. The van der Waals surface area contributed by atoms with Crippen molar-refractivity contribution in [2.75, 3.05) is 12.4 Å². The molecule has 4 rings (SSSR count). The molecule has 0 bridgehead atoms. The molecular weight excluding hydrogens is 368 g/mol. The third kappa shape index (κ3) is 3.02. The van der Waals surface area contributed by atoms with Gasteiger partial charge in [-0.2, -0.15) is 0 Å². The molecule has 1 aromatic heterocycles. The first-order valence-corrected chi connectivity index (χ1v) is 9.79. The first-order chi connectivity index (χ1) is 12.8. The highest BCUT2D eigenvalue weighted by Gasteiger charge is 2.57. The number of pyridine rings is 1. The van der Waals surface area contributed by atoms with Crippen LogP contribution in [-0.4, -0.2) is 22.5 Å². The van der Waals surface area contributed by atoms with Crippen molar-refractivity contribution < 1.29 is 13.5 Å². The Balaban J connectivity index is 1.77. The zero-order chi connectivity index (χ0) is 19.2. The number of nitrogens with zero attached hydrogens (tertiary/aromatic N) is 2. The third-order valence-electron chi connectivity index (χ3n) is 5.65. The molecule has 142 valence electrons. The van der Waals surface area contributed by atoms with Gasteiger partial charge in [0.25, 0.3) is 0 Å². The largest absolute Gasteiger partial charge is 0.379 e. The van der Waals surface area contributed by atoms with Crippen LogP contribution in [-0.2, 0) is 10.3 Å². The lowest BCUT2D eigenvalue weighted by molar-refractivity contribution is -0.0973. The quantitative estimate of drug-likeness (QED) is 0.840. The van der Waals surface area contributed by atoms with Gasteiger partial charge >= 0.3 is 0 Å². The minimum Gasteiger partial charge on any atom is -0.379 e. The van der Waals surface area contributed by atoms with E-state index < -0.39 is 22.6 Å². The van der Waals surface area contributed by atoms with E-state index in [0.717, 1.165) is 17.3 Å². The molecule has 0 radical (unpaired) electrons. The summed E-state index contributed by atoms with van der Waals surface area (Å²) in [6.07, 6.45) is 2.30. The summed E-state index contributed by atoms with van der Waals surface area (Å²) >= 11 is 1.46. The predicted octanol–water partition coefficient (Wildman–Crippen LogP) is 4.09. The number of aromatic nitrogens is 1. The van der Waals surface area contributed by atoms with E-state index in [1.807, 2.05) is 25.3 Å². The van der Waals surface area contributed by atoms with E-state index in [1.165, 1.54) is 23.9 Å². The van der Waals surface area contributed by atoms with Crippen LogP contribution >= 0.6 is 11.8 Å². The van der Waals surface area contributed by atoms with E-state index in [4.69, 9.17) is 10.5 Å². The summed E-state index contributed by atoms with van der Waals surface area (Å²) in [6.45, 7) is 4.19. The summed E-state index contributed by atoms with van der Waals surface area (Å²) in [5.41, 5.74) is 6.89. The lowest BCUT2D eigenvalue weighted by atomic mass is 9.63. The van der Waals surface area contributed by atoms with Crippen LogP contribution in [0.2, 0.25) is 0 Å². The monoisotopic (exact) mass is 389 g/mol. The number of fused-ring (bicyclic) bond motifs is 1. The van der Waals surface area contributed by atoms with Gasteiger partial charge in [0.1, 0.15) is 17.2 Å². The Kier molecular flexibility index (Phi) is 4.47. The van der Waals surface area contributed by atoms with Gasteiger partial charge in [-0.1, -0.05) is 30.8 Å². The van der Waals surface area contributed by atoms with Crippen LogP contribution in [0.1, 0.15) is 36.3 Å². The molecule has 3 atom stereocenters. The van der Waals surface area contributed by atoms with E-state index in [0.29, 0.717) is 22.9 Å². The fraction of sp³-hybridized carbons (Fsp3) is 0.400. The van der Waals surface area contributed by atoms with Crippen LogP contribution < -0.4 is 5.73 Å². The summed E-state index contributed by atoms with van der Waals surface area (Å²) in [7, 11) is 0. The summed E-state index contributed by atoms with van der Waals surface area (Å²) in [4.78, 5) is 9.02. The Hall–Kier alpha value is -1.99. The molecule has 0 spiro atoms. The molecule has 2 aliphatic rings. The zero-order valence-electron chi connectivity index (χ0n) is 15.2. The minimum atomic E-state index is -0.977. The van der Waals surface area contributed by atoms with Crippen molar-refractivity contribution in [3.05, 3.63) is 65.0 Å². The second-order valence-electron chi connectivity index (χ2n) is 7.52. The van der Waals surface area contributed by atoms with Crippen molar-refractivity contribution in [1.29, 1.82) is 0 Å². The number of hydrogen-bond donors (Lipinski definition) is 1. The molecule has 0 amide bonds. The number of amidine groups is 1. The van der Waals surface area contributed by atoms with Crippen LogP contribution in [0.3, 0.4) is 0 Å². The number of aryl methyl sites for hydroxylation is 1. The van der Waals surface area contributed by atoms with Gasteiger partial charge in [0.2, 0.25) is 0 Å². The second kappa shape index (κ2) is 6.56. The maximum absolute atomic E-state index is 14.7. The molecule has 1 fully saturated rings. The van der Waals surface area contributed by atoms with Gasteiger partial charge in [-0.25, -0.2) is 13.8 Å². The Morgan fingerprint density at radius 3 is 2.78 bits per heavy atom. The highest BCUT2D eigenvalue weighted by Crippen LogP contribution is 2.57. The van der Waals surface area contributed by atoms with Crippen molar-refractivity contribution in [3.63, 3.8) is 0 Å². The lowest BCUT2D eigenvalue weighted by Crippen LogP contribution is -2.55. The summed E-state index contributed by atoms with van der Waals surface area (Å²) < 4.78 is 34.4. The van der Waals surface area contributed by atoms with Crippen LogP contribution in [0.25, 0.3) is 0 Å². The molecule has 0 saturated carbocycles. The van der Waals surface area contributed by atoms with E-state index in [-0.39, 0.29) is 12.7 Å². The Bertz CT molecular complexity index is 905. The van der Waals surface area contributed by atoms with Gasteiger partial charge in [0, 0.05) is 34.7 Å². The standard InChI is InChI=1S/C20H21F2N3OS/c1-12-3-4-13(9-24-12)17-8-19(2)11-27-18(23)25-20(19,10-26-17)15-6-5-14(21)7-16(15)22/h3-7,9,17H,8,10-11H2,1-2H3,(H2,23,25)/t17-,19+,20-/m1/s1. The molecule has 4 nitrogen and oxygen atoms in total. The zero-order valence-corrected chi connectivity index (χ0v) is 16.0. The SMILES string of the molecule is Cc1ccc([C@H]2C[C@@]3(C)CSC(N)=N[C@@]3(c3ccc(F)cc3F)CO2)cn1. The van der Waals surface area contributed by atoms with Crippen molar-refractivity contribution >= 4 is 16.9 Å². The maximum atomic E-state index is 14.7. The van der Waals surface area contributed by atoms with Crippen molar-refractivity contribution in [2.24, 2.45) is 16.1 Å². The average molecular weight is 389 g/mol. The fourth-order valence-corrected chi connectivity index (χ4v) is 5.05. The van der Waals surface area contributed by atoms with E-state index in [1.54, 1.807) is 0 Å². The molecule has 2 aliphatic heterocycles. The topological polar surface area (TPSA) is 60.5 Å². The normalized spacial score (nSPS) is 30.5. The highest BCUT2D eigenvalue weighted by atomic mass is 32.2. The molecule has 0 aliphatic carbocycles. The Labute approximate surface area is 161 Å². The second-order valence-corrected chi connectivity index (χ2v) is 8.52. The molecule has 1 aromatic carbocycles. The van der Waals surface area contributed by atoms with Crippen molar-refractivity contribution in [3.8, 4) is 0 Å². The Morgan fingerprint density at radius 1 is 1.26 bits per heavy atom. The highest BCUT2D eigenvalue weighted by molar-refractivity contribution is 8.13. The number of benzene rings is 1. The van der Waals surface area contributed by atoms with Gasteiger partial charge in [-0.3, -0.25) is 4.98 Å². The van der Waals surface area contributed by atoms with Gasteiger partial charge in [0.05, 0.1) is 12.7 Å². The first kappa shape index (κ1) is 18.4. The molecule has 7 heteroatoms. The van der Waals surface area contributed by atoms with Gasteiger partial charge < -0.3 is 10.5 Å². The Morgan fingerprint density at radius 2 is 2.07 bits per heavy atom. The van der Waals surface area contributed by atoms with Gasteiger partial charge in [0.15, 0.2) is 5.17 Å². The van der Waals surface area contributed by atoms with Crippen LogP contribution in [0.4, 0.5) is 8.78 Å². The number of ether oxygens (including phenoxy) is 1. The van der Waals surface area contributed by atoms with E-state index in [9.17, 15) is 8.78 Å². The first-order valence-electron chi connectivity index (χ1n) is 8.81. The number of hydrogen-bond acceptors (Lipinski definition) is 5. The molecule has 2 N–H and O–H groups in total.